The highest BCUT2D eigenvalue weighted by Crippen LogP contribution is 2.02. The Balaban J connectivity index is 2.90. The summed E-state index contributed by atoms with van der Waals surface area (Å²) >= 11 is 0. The molecular weight excluding hydrogens is 162 g/mol. The van der Waals surface area contributed by atoms with E-state index in [0.717, 1.165) is 17.8 Å². The van der Waals surface area contributed by atoms with Crippen molar-refractivity contribution < 1.29 is 0 Å². The van der Waals surface area contributed by atoms with Crippen molar-refractivity contribution in [2.45, 2.75) is 33.4 Å². The summed E-state index contributed by atoms with van der Waals surface area (Å²) < 4.78 is 1.88. The maximum Gasteiger partial charge on any atom is 0.0750 e. The van der Waals surface area contributed by atoms with Crippen molar-refractivity contribution >= 4 is 0 Å². The molecule has 13 heavy (non-hydrogen) atoms. The Morgan fingerprint density at radius 2 is 2.38 bits per heavy atom. The third kappa shape index (κ3) is 2.60. The molecule has 2 N–H and O–H groups in total. The number of aryl methyl sites for hydroxylation is 2. The molecule has 1 unspecified atom stereocenters. The van der Waals surface area contributed by atoms with E-state index >= 15 is 0 Å². The predicted octanol–water partition coefficient (Wildman–Crippen LogP) is 0.910. The standard InChI is InChI=1S/C10H15N3/c1-4-13-7-10(9(3)12-13)6-5-8(2)11/h7-8H,4,11H2,1-3H3. The van der Waals surface area contributed by atoms with E-state index in [2.05, 4.69) is 23.9 Å². The summed E-state index contributed by atoms with van der Waals surface area (Å²) in [5.74, 6) is 5.92. The molecule has 0 spiro atoms. The molecule has 1 aromatic heterocycles. The van der Waals surface area contributed by atoms with E-state index in [-0.39, 0.29) is 6.04 Å². The molecule has 0 aliphatic rings. The van der Waals surface area contributed by atoms with Gasteiger partial charge < -0.3 is 5.73 Å². The molecule has 0 saturated carbocycles. The fourth-order valence-corrected chi connectivity index (χ4v) is 0.994. The van der Waals surface area contributed by atoms with Crippen LogP contribution in [0.4, 0.5) is 0 Å². The van der Waals surface area contributed by atoms with Gasteiger partial charge in [0.05, 0.1) is 17.3 Å². The van der Waals surface area contributed by atoms with Crippen LogP contribution in [0.15, 0.2) is 6.20 Å². The SMILES string of the molecule is CCn1cc(C#CC(C)N)c(C)n1. The molecule has 0 aliphatic carbocycles. The molecule has 70 valence electrons. The topological polar surface area (TPSA) is 43.8 Å². The Morgan fingerprint density at radius 1 is 1.69 bits per heavy atom. The third-order valence-corrected chi connectivity index (χ3v) is 1.70. The van der Waals surface area contributed by atoms with E-state index in [1.807, 2.05) is 24.7 Å². The van der Waals surface area contributed by atoms with E-state index in [0.29, 0.717) is 0 Å². The van der Waals surface area contributed by atoms with Gasteiger partial charge in [-0.3, -0.25) is 4.68 Å². The lowest BCUT2D eigenvalue weighted by Crippen LogP contribution is -2.10. The summed E-state index contributed by atoms with van der Waals surface area (Å²) in [6, 6.07) is -0.0793. The minimum atomic E-state index is -0.0793. The molecule has 1 atom stereocenters. The zero-order valence-corrected chi connectivity index (χ0v) is 8.33. The van der Waals surface area contributed by atoms with E-state index in [4.69, 9.17) is 5.73 Å². The van der Waals surface area contributed by atoms with E-state index in [1.165, 1.54) is 0 Å². The molecule has 3 heteroatoms. The molecule has 0 saturated heterocycles. The van der Waals surface area contributed by atoms with Gasteiger partial charge in [0, 0.05) is 12.7 Å². The lowest BCUT2D eigenvalue weighted by molar-refractivity contribution is 0.653. The largest absolute Gasteiger partial charge is 0.318 e. The van der Waals surface area contributed by atoms with Gasteiger partial charge in [0.1, 0.15) is 0 Å². The van der Waals surface area contributed by atoms with Gasteiger partial charge in [0.25, 0.3) is 0 Å². The normalized spacial score (nSPS) is 12.0. The van der Waals surface area contributed by atoms with Crippen LogP contribution in [0.1, 0.15) is 25.1 Å². The first-order valence-corrected chi connectivity index (χ1v) is 4.44. The summed E-state index contributed by atoms with van der Waals surface area (Å²) in [5, 5.41) is 4.28. The van der Waals surface area contributed by atoms with Crippen molar-refractivity contribution in [3.8, 4) is 11.8 Å². The molecule has 3 nitrogen and oxygen atoms in total. The summed E-state index contributed by atoms with van der Waals surface area (Å²) in [4.78, 5) is 0. The molecule has 0 bridgehead atoms. The van der Waals surface area contributed by atoms with Crippen molar-refractivity contribution in [3.63, 3.8) is 0 Å². The second kappa shape index (κ2) is 4.11. The maximum absolute atomic E-state index is 5.53. The highest BCUT2D eigenvalue weighted by atomic mass is 15.3. The van der Waals surface area contributed by atoms with Crippen LogP contribution in [0.5, 0.6) is 0 Å². The second-order valence-electron chi connectivity index (χ2n) is 3.04. The monoisotopic (exact) mass is 177 g/mol. The minimum absolute atomic E-state index is 0.0793. The Morgan fingerprint density at radius 3 is 2.85 bits per heavy atom. The van der Waals surface area contributed by atoms with Crippen molar-refractivity contribution in [1.29, 1.82) is 0 Å². The summed E-state index contributed by atoms with van der Waals surface area (Å²) in [6.07, 6.45) is 1.95. The number of nitrogens with two attached hydrogens (primary N) is 1. The van der Waals surface area contributed by atoms with Crippen molar-refractivity contribution in [2.24, 2.45) is 5.73 Å². The maximum atomic E-state index is 5.53. The molecule has 0 fully saturated rings. The van der Waals surface area contributed by atoms with E-state index < -0.39 is 0 Å². The highest BCUT2D eigenvalue weighted by Gasteiger charge is 1.99. The summed E-state index contributed by atoms with van der Waals surface area (Å²) in [6.45, 7) is 6.75. The number of nitrogens with zero attached hydrogens (tertiary/aromatic N) is 2. The first-order chi connectivity index (χ1) is 6.13. The molecular formula is C10H15N3. The number of rotatable bonds is 1. The Kier molecular flexibility index (Phi) is 3.10. The smallest absolute Gasteiger partial charge is 0.0750 e. The van der Waals surface area contributed by atoms with Crippen LogP contribution in [0.3, 0.4) is 0 Å². The molecule has 0 aliphatic heterocycles. The van der Waals surface area contributed by atoms with E-state index in [1.54, 1.807) is 0 Å². The van der Waals surface area contributed by atoms with Gasteiger partial charge in [-0.25, -0.2) is 0 Å². The Hall–Kier alpha value is -1.27. The van der Waals surface area contributed by atoms with Crippen LogP contribution >= 0.6 is 0 Å². The highest BCUT2D eigenvalue weighted by molar-refractivity contribution is 5.36. The summed E-state index contributed by atoms with van der Waals surface area (Å²) in [7, 11) is 0. The number of hydrogen-bond acceptors (Lipinski definition) is 2. The first-order valence-electron chi connectivity index (χ1n) is 4.44. The van der Waals surface area contributed by atoms with Gasteiger partial charge in [-0.05, 0) is 20.8 Å². The van der Waals surface area contributed by atoms with Gasteiger partial charge in [0.15, 0.2) is 0 Å². The molecule has 0 radical (unpaired) electrons. The van der Waals surface area contributed by atoms with Gasteiger partial charge in [-0.2, -0.15) is 5.10 Å². The fraction of sp³-hybridized carbons (Fsp3) is 0.500. The number of hydrogen-bond donors (Lipinski definition) is 1. The quantitative estimate of drug-likeness (QED) is 0.648. The van der Waals surface area contributed by atoms with Crippen LogP contribution in [0, 0.1) is 18.8 Å². The Bertz CT molecular complexity index is 339. The van der Waals surface area contributed by atoms with E-state index in [9.17, 15) is 0 Å². The lowest BCUT2D eigenvalue weighted by atomic mass is 10.2. The van der Waals surface area contributed by atoms with Crippen LogP contribution in [-0.2, 0) is 6.54 Å². The zero-order valence-electron chi connectivity index (χ0n) is 8.33. The Labute approximate surface area is 78.9 Å². The minimum Gasteiger partial charge on any atom is -0.318 e. The lowest BCUT2D eigenvalue weighted by Gasteiger charge is -1.89. The second-order valence-corrected chi connectivity index (χ2v) is 3.04. The van der Waals surface area contributed by atoms with Crippen LogP contribution in [0.25, 0.3) is 0 Å². The predicted molar refractivity (Wildman–Crippen MR) is 53.2 cm³/mol. The van der Waals surface area contributed by atoms with Gasteiger partial charge in [-0.15, -0.1) is 0 Å². The average molecular weight is 177 g/mol. The first kappa shape index (κ1) is 9.82. The molecule has 1 heterocycles. The van der Waals surface area contributed by atoms with Crippen LogP contribution in [0.2, 0.25) is 0 Å². The van der Waals surface area contributed by atoms with Crippen molar-refractivity contribution in [1.82, 2.24) is 9.78 Å². The average Bonchev–Trinajstić information content (AvgIpc) is 2.43. The van der Waals surface area contributed by atoms with Gasteiger partial charge in [-0.1, -0.05) is 11.8 Å². The van der Waals surface area contributed by atoms with Crippen LogP contribution < -0.4 is 5.73 Å². The fourth-order valence-electron chi connectivity index (χ4n) is 0.994. The third-order valence-electron chi connectivity index (χ3n) is 1.70. The van der Waals surface area contributed by atoms with Crippen LogP contribution in [-0.4, -0.2) is 15.8 Å². The zero-order chi connectivity index (χ0) is 9.84. The molecule has 1 aromatic rings. The van der Waals surface area contributed by atoms with Gasteiger partial charge in [0.2, 0.25) is 0 Å². The summed E-state index contributed by atoms with van der Waals surface area (Å²) in [5.41, 5.74) is 7.47. The van der Waals surface area contributed by atoms with Crippen molar-refractivity contribution in [2.75, 3.05) is 0 Å². The number of aromatic nitrogens is 2. The van der Waals surface area contributed by atoms with Gasteiger partial charge >= 0.3 is 0 Å². The molecule has 1 rings (SSSR count). The van der Waals surface area contributed by atoms with Crippen molar-refractivity contribution in [3.05, 3.63) is 17.5 Å². The molecule has 0 aromatic carbocycles. The molecule has 0 amide bonds.